The van der Waals surface area contributed by atoms with E-state index >= 15 is 0 Å². The molecule has 3 rings (SSSR count). The molecule has 15 heavy (non-hydrogen) atoms. The molecule has 1 aromatic carbocycles. The molecular formula is C13H13NO. The second-order valence-corrected chi connectivity index (χ2v) is 4.21. The van der Waals surface area contributed by atoms with E-state index in [0.717, 1.165) is 17.2 Å². The minimum Gasteiger partial charge on any atom is -0.344 e. The van der Waals surface area contributed by atoms with Gasteiger partial charge in [-0.2, -0.15) is 0 Å². The van der Waals surface area contributed by atoms with Crippen molar-refractivity contribution in [1.29, 1.82) is 0 Å². The first-order valence-corrected chi connectivity index (χ1v) is 5.45. The Hall–Kier alpha value is -1.57. The van der Waals surface area contributed by atoms with Crippen LogP contribution in [0.5, 0.6) is 0 Å². The first-order chi connectivity index (χ1) is 7.40. The van der Waals surface area contributed by atoms with Gasteiger partial charge in [0.05, 0.1) is 0 Å². The standard InChI is InChI=1S/C13H13NO/c15-9-10-3-1-6-13-12(10)7-8-14(13)11-4-2-5-11/h1,3,6-9,11H,2,4-5H2. The molecule has 0 radical (unpaired) electrons. The maximum absolute atomic E-state index is 10.9. The first kappa shape index (κ1) is 8.72. The highest BCUT2D eigenvalue weighted by Gasteiger charge is 2.20. The molecule has 0 bridgehead atoms. The van der Waals surface area contributed by atoms with E-state index in [9.17, 15) is 4.79 Å². The van der Waals surface area contributed by atoms with Crippen LogP contribution in [0.2, 0.25) is 0 Å². The highest BCUT2D eigenvalue weighted by Crippen LogP contribution is 2.34. The lowest BCUT2D eigenvalue weighted by atomic mass is 9.93. The summed E-state index contributed by atoms with van der Waals surface area (Å²) in [5, 5.41) is 1.08. The number of fused-ring (bicyclic) bond motifs is 1. The van der Waals surface area contributed by atoms with E-state index < -0.39 is 0 Å². The molecule has 1 aliphatic rings. The monoisotopic (exact) mass is 199 g/mol. The third-order valence-electron chi connectivity index (χ3n) is 3.39. The number of carbonyl (C=O) groups is 1. The minimum absolute atomic E-state index is 0.657. The van der Waals surface area contributed by atoms with Crippen LogP contribution in [0.25, 0.3) is 10.9 Å². The summed E-state index contributed by atoms with van der Waals surface area (Å²) in [6.45, 7) is 0. The van der Waals surface area contributed by atoms with Gasteiger partial charge >= 0.3 is 0 Å². The summed E-state index contributed by atoms with van der Waals surface area (Å²) >= 11 is 0. The smallest absolute Gasteiger partial charge is 0.150 e. The Balaban J connectivity index is 2.20. The van der Waals surface area contributed by atoms with E-state index in [4.69, 9.17) is 0 Å². The van der Waals surface area contributed by atoms with Crippen molar-refractivity contribution in [3.05, 3.63) is 36.0 Å². The topological polar surface area (TPSA) is 22.0 Å². The quantitative estimate of drug-likeness (QED) is 0.681. The Morgan fingerprint density at radius 1 is 1.27 bits per heavy atom. The average Bonchev–Trinajstić information content (AvgIpc) is 2.59. The summed E-state index contributed by atoms with van der Waals surface area (Å²) in [7, 11) is 0. The van der Waals surface area contributed by atoms with Gasteiger partial charge in [0.1, 0.15) is 0 Å². The number of rotatable bonds is 2. The van der Waals surface area contributed by atoms with Gasteiger partial charge in [-0.3, -0.25) is 4.79 Å². The lowest BCUT2D eigenvalue weighted by Crippen LogP contribution is -2.15. The molecule has 0 unspecified atom stereocenters. The lowest BCUT2D eigenvalue weighted by Gasteiger charge is -2.28. The van der Waals surface area contributed by atoms with Gasteiger partial charge in [0, 0.05) is 28.7 Å². The minimum atomic E-state index is 0.657. The molecule has 0 atom stereocenters. The molecule has 1 saturated carbocycles. The van der Waals surface area contributed by atoms with Crippen molar-refractivity contribution < 1.29 is 4.79 Å². The van der Waals surface area contributed by atoms with Gasteiger partial charge in [0.15, 0.2) is 6.29 Å². The summed E-state index contributed by atoms with van der Waals surface area (Å²) in [6, 6.07) is 8.64. The van der Waals surface area contributed by atoms with E-state index in [1.165, 1.54) is 24.8 Å². The van der Waals surface area contributed by atoms with Crippen LogP contribution in [0.15, 0.2) is 30.5 Å². The van der Waals surface area contributed by atoms with Crippen molar-refractivity contribution in [3.63, 3.8) is 0 Å². The van der Waals surface area contributed by atoms with Crippen LogP contribution >= 0.6 is 0 Å². The predicted molar refractivity (Wildman–Crippen MR) is 60.2 cm³/mol. The summed E-state index contributed by atoms with van der Waals surface area (Å²) in [4.78, 5) is 10.9. The highest BCUT2D eigenvalue weighted by atomic mass is 16.1. The van der Waals surface area contributed by atoms with Gasteiger partial charge in [-0.25, -0.2) is 0 Å². The van der Waals surface area contributed by atoms with Crippen molar-refractivity contribution in [2.24, 2.45) is 0 Å². The van der Waals surface area contributed by atoms with Crippen molar-refractivity contribution in [1.82, 2.24) is 4.57 Å². The number of aromatic nitrogens is 1. The number of hydrogen-bond donors (Lipinski definition) is 0. The molecule has 1 heterocycles. The molecule has 1 aliphatic carbocycles. The third kappa shape index (κ3) is 1.21. The molecule has 0 saturated heterocycles. The Bertz CT molecular complexity index is 508. The molecule has 0 spiro atoms. The maximum atomic E-state index is 10.9. The summed E-state index contributed by atoms with van der Waals surface area (Å²) in [5.41, 5.74) is 2.00. The van der Waals surface area contributed by atoms with Gasteiger partial charge < -0.3 is 4.57 Å². The highest BCUT2D eigenvalue weighted by molar-refractivity contribution is 5.97. The van der Waals surface area contributed by atoms with E-state index in [1.807, 2.05) is 12.1 Å². The van der Waals surface area contributed by atoms with Crippen molar-refractivity contribution in [2.75, 3.05) is 0 Å². The Morgan fingerprint density at radius 2 is 2.13 bits per heavy atom. The van der Waals surface area contributed by atoms with Crippen molar-refractivity contribution >= 4 is 17.2 Å². The van der Waals surface area contributed by atoms with Gasteiger partial charge in [-0.1, -0.05) is 12.1 Å². The molecule has 1 aromatic heterocycles. The molecule has 0 amide bonds. The van der Waals surface area contributed by atoms with Gasteiger partial charge in [0.25, 0.3) is 0 Å². The zero-order chi connectivity index (χ0) is 10.3. The summed E-state index contributed by atoms with van der Waals surface area (Å²) in [6.07, 6.45) is 6.93. The second kappa shape index (κ2) is 3.23. The van der Waals surface area contributed by atoms with Gasteiger partial charge in [-0.05, 0) is 31.4 Å². The fourth-order valence-corrected chi connectivity index (χ4v) is 2.30. The van der Waals surface area contributed by atoms with Crippen LogP contribution in [-0.2, 0) is 0 Å². The molecule has 0 N–H and O–H groups in total. The van der Waals surface area contributed by atoms with Crippen LogP contribution in [0.3, 0.4) is 0 Å². The van der Waals surface area contributed by atoms with Crippen LogP contribution in [0.4, 0.5) is 0 Å². The van der Waals surface area contributed by atoms with Crippen LogP contribution in [0.1, 0.15) is 35.7 Å². The first-order valence-electron chi connectivity index (χ1n) is 5.45. The van der Waals surface area contributed by atoms with Crippen LogP contribution in [-0.4, -0.2) is 10.9 Å². The SMILES string of the molecule is O=Cc1cccc2c1ccn2C1CCC1. The van der Waals surface area contributed by atoms with E-state index in [1.54, 1.807) is 0 Å². The largest absolute Gasteiger partial charge is 0.344 e. The fraction of sp³-hybridized carbons (Fsp3) is 0.308. The second-order valence-electron chi connectivity index (χ2n) is 4.21. The van der Waals surface area contributed by atoms with Crippen LogP contribution in [0, 0.1) is 0 Å². The zero-order valence-electron chi connectivity index (χ0n) is 8.52. The van der Waals surface area contributed by atoms with E-state index in [0.29, 0.717) is 6.04 Å². The number of aldehydes is 1. The molecule has 1 fully saturated rings. The van der Waals surface area contributed by atoms with E-state index in [-0.39, 0.29) is 0 Å². The summed E-state index contributed by atoms with van der Waals surface area (Å²) in [5.74, 6) is 0. The van der Waals surface area contributed by atoms with Gasteiger partial charge in [0.2, 0.25) is 0 Å². The molecule has 2 nitrogen and oxygen atoms in total. The van der Waals surface area contributed by atoms with Crippen molar-refractivity contribution in [2.45, 2.75) is 25.3 Å². The Labute approximate surface area is 88.5 Å². The molecular weight excluding hydrogens is 186 g/mol. The Morgan fingerprint density at radius 3 is 2.80 bits per heavy atom. The number of nitrogens with zero attached hydrogens (tertiary/aromatic N) is 1. The number of carbonyl (C=O) groups excluding carboxylic acids is 1. The summed E-state index contributed by atoms with van der Waals surface area (Å²) < 4.78 is 2.31. The molecule has 76 valence electrons. The Kier molecular flexibility index (Phi) is 1.88. The van der Waals surface area contributed by atoms with E-state index in [2.05, 4.69) is 22.9 Å². The zero-order valence-corrected chi connectivity index (χ0v) is 8.52. The number of hydrogen-bond acceptors (Lipinski definition) is 1. The average molecular weight is 199 g/mol. The lowest BCUT2D eigenvalue weighted by molar-refractivity contribution is 0.112. The van der Waals surface area contributed by atoms with Crippen molar-refractivity contribution in [3.8, 4) is 0 Å². The normalized spacial score (nSPS) is 16.5. The van der Waals surface area contributed by atoms with Gasteiger partial charge in [-0.15, -0.1) is 0 Å². The molecule has 2 aromatic rings. The number of benzene rings is 1. The third-order valence-corrected chi connectivity index (χ3v) is 3.39. The maximum Gasteiger partial charge on any atom is 0.150 e. The fourth-order valence-electron chi connectivity index (χ4n) is 2.30. The van der Waals surface area contributed by atoms with Crippen LogP contribution < -0.4 is 0 Å². The molecule has 2 heteroatoms. The molecule has 0 aliphatic heterocycles. The predicted octanol–water partition coefficient (Wildman–Crippen LogP) is 3.18.